The van der Waals surface area contributed by atoms with Gasteiger partial charge >= 0.3 is 5.97 Å². The molecule has 0 fully saturated rings. The molecule has 0 saturated heterocycles. The highest BCUT2D eigenvalue weighted by Crippen LogP contribution is 1.93. The van der Waals surface area contributed by atoms with Crippen molar-refractivity contribution in [2.45, 2.75) is 20.3 Å². The van der Waals surface area contributed by atoms with E-state index in [2.05, 4.69) is 0 Å². The van der Waals surface area contributed by atoms with Crippen molar-refractivity contribution in [2.24, 2.45) is 0 Å². The van der Waals surface area contributed by atoms with Crippen LogP contribution in [0.5, 0.6) is 0 Å². The Labute approximate surface area is 84.5 Å². The molecule has 0 aromatic heterocycles. The van der Waals surface area contributed by atoms with E-state index in [-0.39, 0.29) is 0 Å². The molecule has 0 atom stereocenters. The van der Waals surface area contributed by atoms with Crippen LogP contribution in [0.3, 0.4) is 0 Å². The van der Waals surface area contributed by atoms with Crippen molar-refractivity contribution < 1.29 is 19.4 Å². The normalized spacial score (nSPS) is 11.7. The van der Waals surface area contributed by atoms with E-state index < -0.39 is 5.97 Å². The van der Waals surface area contributed by atoms with Crippen molar-refractivity contribution in [3.63, 3.8) is 0 Å². The SMILES string of the molecule is CCCOCCOCC(C)=CC(=O)O. The zero-order chi connectivity index (χ0) is 10.8. The Morgan fingerprint density at radius 2 is 1.93 bits per heavy atom. The standard InChI is InChI=1S/C10H18O4/c1-3-4-13-5-6-14-8-9(2)7-10(11)12/h7H,3-6,8H2,1-2H3,(H,11,12). The van der Waals surface area contributed by atoms with Crippen LogP contribution in [-0.4, -0.2) is 37.5 Å². The largest absolute Gasteiger partial charge is 0.478 e. The van der Waals surface area contributed by atoms with Crippen molar-refractivity contribution >= 4 is 5.97 Å². The molecule has 0 aliphatic heterocycles. The molecule has 4 nitrogen and oxygen atoms in total. The summed E-state index contributed by atoms with van der Waals surface area (Å²) in [6, 6.07) is 0. The second-order valence-electron chi connectivity index (χ2n) is 2.99. The minimum Gasteiger partial charge on any atom is -0.478 e. The van der Waals surface area contributed by atoms with Crippen molar-refractivity contribution in [1.29, 1.82) is 0 Å². The molecule has 0 rings (SSSR count). The molecule has 0 spiro atoms. The smallest absolute Gasteiger partial charge is 0.328 e. The predicted octanol–water partition coefficient (Wildman–Crippen LogP) is 1.46. The van der Waals surface area contributed by atoms with Gasteiger partial charge in [-0.1, -0.05) is 6.92 Å². The predicted molar refractivity (Wildman–Crippen MR) is 53.3 cm³/mol. The Kier molecular flexibility index (Phi) is 8.17. The third-order valence-electron chi connectivity index (χ3n) is 1.42. The Morgan fingerprint density at radius 1 is 1.29 bits per heavy atom. The van der Waals surface area contributed by atoms with E-state index >= 15 is 0 Å². The summed E-state index contributed by atoms with van der Waals surface area (Å²) >= 11 is 0. The van der Waals surface area contributed by atoms with E-state index in [1.165, 1.54) is 0 Å². The number of carbonyl (C=O) groups is 1. The molecule has 14 heavy (non-hydrogen) atoms. The number of hydrogen-bond acceptors (Lipinski definition) is 3. The summed E-state index contributed by atoms with van der Waals surface area (Å²) in [6.07, 6.45) is 2.14. The summed E-state index contributed by atoms with van der Waals surface area (Å²) in [5, 5.41) is 8.40. The molecular weight excluding hydrogens is 184 g/mol. The number of carboxylic acids is 1. The minimum atomic E-state index is -0.937. The molecule has 0 heterocycles. The monoisotopic (exact) mass is 202 g/mol. The van der Waals surface area contributed by atoms with Crippen molar-refractivity contribution in [3.8, 4) is 0 Å². The maximum absolute atomic E-state index is 10.2. The number of ether oxygens (including phenoxy) is 2. The lowest BCUT2D eigenvalue weighted by Gasteiger charge is -2.04. The highest BCUT2D eigenvalue weighted by molar-refractivity contribution is 5.80. The second kappa shape index (κ2) is 8.72. The number of rotatable bonds is 8. The molecular formula is C10H18O4. The van der Waals surface area contributed by atoms with Crippen LogP contribution in [0.15, 0.2) is 11.6 Å². The Hall–Kier alpha value is -0.870. The molecule has 0 amide bonds. The van der Waals surface area contributed by atoms with E-state index in [1.807, 2.05) is 6.92 Å². The van der Waals surface area contributed by atoms with Gasteiger partial charge < -0.3 is 14.6 Å². The highest BCUT2D eigenvalue weighted by atomic mass is 16.5. The fraction of sp³-hybridized carbons (Fsp3) is 0.700. The molecule has 0 saturated carbocycles. The lowest BCUT2D eigenvalue weighted by Crippen LogP contribution is -2.06. The molecule has 0 unspecified atom stereocenters. The third kappa shape index (κ3) is 9.22. The molecule has 0 aliphatic carbocycles. The highest BCUT2D eigenvalue weighted by Gasteiger charge is 1.94. The third-order valence-corrected chi connectivity index (χ3v) is 1.42. The average Bonchev–Trinajstić information content (AvgIpc) is 2.10. The topological polar surface area (TPSA) is 55.8 Å². The maximum Gasteiger partial charge on any atom is 0.328 e. The van der Waals surface area contributed by atoms with E-state index in [9.17, 15) is 4.79 Å². The lowest BCUT2D eigenvalue weighted by atomic mass is 10.3. The van der Waals surface area contributed by atoms with Crippen LogP contribution >= 0.6 is 0 Å². The fourth-order valence-electron chi connectivity index (χ4n) is 0.850. The van der Waals surface area contributed by atoms with Gasteiger partial charge in [-0.15, -0.1) is 0 Å². The van der Waals surface area contributed by atoms with Crippen LogP contribution in [0.2, 0.25) is 0 Å². The summed E-state index contributed by atoms with van der Waals surface area (Å²) < 4.78 is 10.4. The van der Waals surface area contributed by atoms with Crippen LogP contribution in [0, 0.1) is 0 Å². The van der Waals surface area contributed by atoms with Crippen molar-refractivity contribution in [3.05, 3.63) is 11.6 Å². The molecule has 0 aromatic carbocycles. The minimum absolute atomic E-state index is 0.349. The maximum atomic E-state index is 10.2. The Balaban J connectivity index is 3.31. The van der Waals surface area contributed by atoms with Gasteiger partial charge in [0.15, 0.2) is 0 Å². The van der Waals surface area contributed by atoms with Crippen molar-refractivity contribution in [1.82, 2.24) is 0 Å². The van der Waals surface area contributed by atoms with Gasteiger partial charge in [0.05, 0.1) is 19.8 Å². The molecule has 0 aromatic rings. The quantitative estimate of drug-likeness (QED) is 0.478. The summed E-state index contributed by atoms with van der Waals surface area (Å²) in [6.45, 7) is 5.93. The van der Waals surface area contributed by atoms with E-state index in [0.29, 0.717) is 25.4 Å². The first-order chi connectivity index (χ1) is 6.66. The first-order valence-electron chi connectivity index (χ1n) is 4.72. The molecule has 0 radical (unpaired) electrons. The second-order valence-corrected chi connectivity index (χ2v) is 2.99. The van der Waals surface area contributed by atoms with Crippen LogP contribution in [0.4, 0.5) is 0 Å². The molecule has 0 aliphatic rings. The van der Waals surface area contributed by atoms with Crippen LogP contribution in [0.1, 0.15) is 20.3 Å². The Morgan fingerprint density at radius 3 is 2.50 bits per heavy atom. The zero-order valence-corrected chi connectivity index (χ0v) is 8.78. The van der Waals surface area contributed by atoms with Gasteiger partial charge in [0.25, 0.3) is 0 Å². The first-order valence-corrected chi connectivity index (χ1v) is 4.72. The zero-order valence-electron chi connectivity index (χ0n) is 8.78. The lowest BCUT2D eigenvalue weighted by molar-refractivity contribution is -0.131. The van der Waals surface area contributed by atoms with Gasteiger partial charge in [-0.05, 0) is 18.9 Å². The van der Waals surface area contributed by atoms with E-state index in [0.717, 1.165) is 19.1 Å². The molecule has 1 N–H and O–H groups in total. The number of hydrogen-bond donors (Lipinski definition) is 1. The Bertz CT molecular complexity index is 187. The van der Waals surface area contributed by atoms with E-state index in [1.54, 1.807) is 6.92 Å². The molecule has 82 valence electrons. The van der Waals surface area contributed by atoms with Gasteiger partial charge in [-0.2, -0.15) is 0 Å². The van der Waals surface area contributed by atoms with Gasteiger partial charge in [0, 0.05) is 12.7 Å². The summed E-state index contributed by atoms with van der Waals surface area (Å²) in [4.78, 5) is 10.2. The van der Waals surface area contributed by atoms with Crippen LogP contribution in [-0.2, 0) is 14.3 Å². The van der Waals surface area contributed by atoms with Crippen LogP contribution < -0.4 is 0 Å². The number of carboxylic acid groups (broad SMARTS) is 1. The molecule has 4 heteroatoms. The van der Waals surface area contributed by atoms with Gasteiger partial charge in [0.2, 0.25) is 0 Å². The van der Waals surface area contributed by atoms with Crippen LogP contribution in [0.25, 0.3) is 0 Å². The summed E-state index contributed by atoms with van der Waals surface area (Å²) in [7, 11) is 0. The summed E-state index contributed by atoms with van der Waals surface area (Å²) in [5.74, 6) is -0.937. The summed E-state index contributed by atoms with van der Waals surface area (Å²) in [5.41, 5.74) is 0.702. The molecule has 0 bridgehead atoms. The first kappa shape index (κ1) is 13.1. The van der Waals surface area contributed by atoms with E-state index in [4.69, 9.17) is 14.6 Å². The average molecular weight is 202 g/mol. The fourth-order valence-corrected chi connectivity index (χ4v) is 0.850. The number of aliphatic carboxylic acids is 1. The van der Waals surface area contributed by atoms with Crippen molar-refractivity contribution in [2.75, 3.05) is 26.4 Å². The van der Waals surface area contributed by atoms with Gasteiger partial charge in [-0.3, -0.25) is 0 Å². The van der Waals surface area contributed by atoms with Gasteiger partial charge in [0.1, 0.15) is 0 Å². The van der Waals surface area contributed by atoms with Gasteiger partial charge in [-0.25, -0.2) is 4.79 Å².